The molecule has 0 bridgehead atoms. The van der Waals surface area contributed by atoms with E-state index < -0.39 is 0 Å². The predicted octanol–water partition coefficient (Wildman–Crippen LogP) is 3.01. The first-order valence-corrected chi connectivity index (χ1v) is 6.60. The molecule has 0 fully saturated rings. The maximum atomic E-state index is 11.1. The third-order valence-corrected chi connectivity index (χ3v) is 3.20. The van der Waals surface area contributed by atoms with Crippen molar-refractivity contribution in [3.8, 4) is 0 Å². The smallest absolute Gasteiger partial charge is 0.302 e. The molecule has 0 aliphatic heterocycles. The minimum absolute atomic E-state index is 0.0351. The van der Waals surface area contributed by atoms with Gasteiger partial charge in [-0.25, -0.2) is 0 Å². The monoisotopic (exact) mass is 270 g/mol. The summed E-state index contributed by atoms with van der Waals surface area (Å²) in [7, 11) is 0. The summed E-state index contributed by atoms with van der Waals surface area (Å²) in [6, 6.07) is 7.64. The molecule has 0 radical (unpaired) electrons. The first-order valence-electron chi connectivity index (χ1n) is 6.60. The van der Waals surface area contributed by atoms with Gasteiger partial charge in [0, 0.05) is 12.5 Å². The van der Waals surface area contributed by atoms with Crippen molar-refractivity contribution in [2.24, 2.45) is 0 Å². The van der Waals surface area contributed by atoms with Gasteiger partial charge in [0.2, 0.25) is 0 Å². The summed E-state index contributed by atoms with van der Waals surface area (Å²) in [6.45, 7) is 1.59. The highest BCUT2D eigenvalue weighted by atomic mass is 16.5. The SMILES string of the molecule is CC(=O)OC/C(=C1\C=CC=CC1)c1ccccc1CO. The number of ether oxygens (including phenoxy) is 1. The van der Waals surface area contributed by atoms with Crippen LogP contribution >= 0.6 is 0 Å². The van der Waals surface area contributed by atoms with Crippen LogP contribution in [-0.4, -0.2) is 17.7 Å². The average molecular weight is 270 g/mol. The van der Waals surface area contributed by atoms with Crippen molar-refractivity contribution in [3.63, 3.8) is 0 Å². The number of aliphatic hydroxyl groups excluding tert-OH is 1. The molecule has 0 heterocycles. The van der Waals surface area contributed by atoms with Crippen LogP contribution in [0.4, 0.5) is 0 Å². The van der Waals surface area contributed by atoms with E-state index in [1.165, 1.54) is 6.92 Å². The van der Waals surface area contributed by atoms with Crippen molar-refractivity contribution in [3.05, 3.63) is 65.3 Å². The van der Waals surface area contributed by atoms with Crippen LogP contribution in [0.3, 0.4) is 0 Å². The number of aliphatic hydroxyl groups is 1. The molecule has 1 aliphatic rings. The Balaban J connectivity index is 2.43. The topological polar surface area (TPSA) is 46.5 Å². The third-order valence-electron chi connectivity index (χ3n) is 3.20. The highest BCUT2D eigenvalue weighted by Gasteiger charge is 2.13. The van der Waals surface area contributed by atoms with Gasteiger partial charge in [-0.15, -0.1) is 0 Å². The summed E-state index contributed by atoms with van der Waals surface area (Å²) >= 11 is 0. The number of hydrogen-bond donors (Lipinski definition) is 1. The molecule has 1 aliphatic carbocycles. The van der Waals surface area contributed by atoms with Gasteiger partial charge in [-0.1, -0.05) is 48.6 Å². The lowest BCUT2D eigenvalue weighted by Crippen LogP contribution is -2.07. The van der Waals surface area contributed by atoms with Crippen LogP contribution in [-0.2, 0) is 16.1 Å². The second-order valence-electron chi connectivity index (χ2n) is 4.59. The van der Waals surface area contributed by atoms with E-state index in [0.717, 1.165) is 28.7 Å². The average Bonchev–Trinajstić information content (AvgIpc) is 2.49. The highest BCUT2D eigenvalue weighted by Crippen LogP contribution is 2.27. The number of allylic oxidation sites excluding steroid dienone is 5. The fourth-order valence-corrected chi connectivity index (χ4v) is 2.21. The van der Waals surface area contributed by atoms with E-state index in [9.17, 15) is 9.90 Å². The lowest BCUT2D eigenvalue weighted by molar-refractivity contribution is -0.139. The van der Waals surface area contributed by atoms with Gasteiger partial charge in [-0.3, -0.25) is 4.79 Å². The van der Waals surface area contributed by atoms with Crippen LogP contribution in [0.15, 0.2) is 54.1 Å². The zero-order valence-corrected chi connectivity index (χ0v) is 11.5. The van der Waals surface area contributed by atoms with Crippen molar-refractivity contribution >= 4 is 11.5 Å². The van der Waals surface area contributed by atoms with Crippen molar-refractivity contribution in [1.82, 2.24) is 0 Å². The van der Waals surface area contributed by atoms with Crippen molar-refractivity contribution in [2.75, 3.05) is 6.61 Å². The Hall–Kier alpha value is -2.13. The molecular weight excluding hydrogens is 252 g/mol. The van der Waals surface area contributed by atoms with Gasteiger partial charge < -0.3 is 9.84 Å². The van der Waals surface area contributed by atoms with Crippen LogP contribution in [0.1, 0.15) is 24.5 Å². The summed E-state index contributed by atoms with van der Waals surface area (Å²) in [5, 5.41) is 9.48. The first-order chi connectivity index (χ1) is 9.72. The predicted molar refractivity (Wildman–Crippen MR) is 78.8 cm³/mol. The molecule has 20 heavy (non-hydrogen) atoms. The van der Waals surface area contributed by atoms with Crippen molar-refractivity contribution in [1.29, 1.82) is 0 Å². The number of esters is 1. The van der Waals surface area contributed by atoms with Gasteiger partial charge in [0.05, 0.1) is 6.61 Å². The lowest BCUT2D eigenvalue weighted by Gasteiger charge is -2.16. The molecule has 1 aromatic rings. The van der Waals surface area contributed by atoms with Crippen LogP contribution in [0.5, 0.6) is 0 Å². The summed E-state index contributed by atoms with van der Waals surface area (Å²) < 4.78 is 5.17. The molecule has 2 rings (SSSR count). The number of rotatable bonds is 4. The Labute approximate surface area is 118 Å². The van der Waals surface area contributed by atoms with Crippen LogP contribution in [0.25, 0.3) is 5.57 Å². The summed E-state index contributed by atoms with van der Waals surface area (Å²) in [6.07, 6.45) is 8.84. The number of carbonyl (C=O) groups excluding carboxylic acids is 1. The molecule has 0 amide bonds. The molecule has 0 unspecified atom stereocenters. The van der Waals surface area contributed by atoms with Crippen LogP contribution < -0.4 is 0 Å². The van der Waals surface area contributed by atoms with E-state index in [-0.39, 0.29) is 19.2 Å². The second kappa shape index (κ2) is 6.87. The van der Waals surface area contributed by atoms with Gasteiger partial charge in [-0.05, 0) is 23.1 Å². The zero-order chi connectivity index (χ0) is 14.4. The Morgan fingerprint density at radius 1 is 1.30 bits per heavy atom. The maximum Gasteiger partial charge on any atom is 0.302 e. The largest absolute Gasteiger partial charge is 0.461 e. The van der Waals surface area contributed by atoms with Crippen molar-refractivity contribution in [2.45, 2.75) is 20.0 Å². The molecule has 0 atom stereocenters. The number of benzene rings is 1. The molecule has 3 heteroatoms. The van der Waals surface area contributed by atoms with E-state index in [1.54, 1.807) is 0 Å². The van der Waals surface area contributed by atoms with Gasteiger partial charge >= 0.3 is 5.97 Å². The molecular formula is C17H18O3. The summed E-state index contributed by atoms with van der Waals surface area (Å²) in [5.41, 5.74) is 3.83. The minimum atomic E-state index is -0.306. The van der Waals surface area contributed by atoms with Gasteiger partial charge in [-0.2, -0.15) is 0 Å². The molecule has 0 aromatic heterocycles. The normalized spacial score (nSPS) is 16.1. The Kier molecular flexibility index (Phi) is 4.91. The Morgan fingerprint density at radius 3 is 2.75 bits per heavy atom. The molecule has 1 aromatic carbocycles. The van der Waals surface area contributed by atoms with E-state index in [2.05, 4.69) is 6.08 Å². The molecule has 1 N–H and O–H groups in total. The fourth-order valence-electron chi connectivity index (χ4n) is 2.21. The molecule has 0 spiro atoms. The van der Waals surface area contributed by atoms with E-state index >= 15 is 0 Å². The van der Waals surface area contributed by atoms with Crippen LogP contribution in [0.2, 0.25) is 0 Å². The summed E-state index contributed by atoms with van der Waals surface area (Å²) in [4.78, 5) is 11.1. The maximum absolute atomic E-state index is 11.1. The summed E-state index contributed by atoms with van der Waals surface area (Å²) in [5.74, 6) is -0.306. The molecule has 104 valence electrons. The Morgan fingerprint density at radius 2 is 2.10 bits per heavy atom. The van der Waals surface area contributed by atoms with E-state index in [1.807, 2.05) is 42.5 Å². The minimum Gasteiger partial charge on any atom is -0.461 e. The van der Waals surface area contributed by atoms with E-state index in [4.69, 9.17) is 4.74 Å². The second-order valence-corrected chi connectivity index (χ2v) is 4.59. The molecule has 0 saturated carbocycles. The van der Waals surface area contributed by atoms with Gasteiger partial charge in [0.15, 0.2) is 0 Å². The van der Waals surface area contributed by atoms with Crippen LogP contribution in [0, 0.1) is 0 Å². The first kappa shape index (κ1) is 14.3. The molecule has 0 saturated heterocycles. The van der Waals surface area contributed by atoms with Gasteiger partial charge in [0.1, 0.15) is 6.61 Å². The third kappa shape index (κ3) is 3.45. The number of hydrogen-bond acceptors (Lipinski definition) is 3. The quantitative estimate of drug-likeness (QED) is 0.855. The van der Waals surface area contributed by atoms with E-state index in [0.29, 0.717) is 0 Å². The lowest BCUT2D eigenvalue weighted by atomic mass is 9.93. The standard InChI is InChI=1S/C17H18O3/c1-13(19)20-12-17(14-7-3-2-4-8-14)16-10-6-5-9-15(16)11-18/h2-7,9-10,18H,8,11-12H2,1H3/b17-14-. The highest BCUT2D eigenvalue weighted by molar-refractivity contribution is 5.76. The fraction of sp³-hybridized carbons (Fsp3) is 0.235. The zero-order valence-electron chi connectivity index (χ0n) is 11.5. The Bertz CT molecular complexity index is 580. The number of carbonyl (C=O) groups is 1. The van der Waals surface area contributed by atoms with Gasteiger partial charge in [0.25, 0.3) is 0 Å². The van der Waals surface area contributed by atoms with Crippen molar-refractivity contribution < 1.29 is 14.6 Å². The molecule has 3 nitrogen and oxygen atoms in total.